The number of likely N-dealkylation sites (tertiary alicyclic amines) is 1. The van der Waals surface area contributed by atoms with Gasteiger partial charge in [-0.15, -0.1) is 11.3 Å². The van der Waals surface area contributed by atoms with Crippen molar-refractivity contribution in [2.75, 3.05) is 26.7 Å². The molecule has 21 heavy (non-hydrogen) atoms. The van der Waals surface area contributed by atoms with Crippen molar-refractivity contribution in [2.24, 2.45) is 0 Å². The third-order valence-electron chi connectivity index (χ3n) is 3.96. The molecule has 0 aromatic carbocycles. The van der Waals surface area contributed by atoms with Crippen LogP contribution in [0.1, 0.15) is 31.1 Å². The number of likely N-dealkylation sites (N-methyl/N-ethyl adjacent to an activating group) is 1. The maximum atomic E-state index is 12.3. The van der Waals surface area contributed by atoms with E-state index in [4.69, 9.17) is 11.6 Å². The smallest absolute Gasteiger partial charge is 0.236 e. The van der Waals surface area contributed by atoms with Gasteiger partial charge in [-0.25, -0.2) is 0 Å². The molecule has 1 unspecified atom stereocenters. The van der Waals surface area contributed by atoms with Crippen LogP contribution in [0.5, 0.6) is 0 Å². The molecule has 0 aliphatic carbocycles. The highest BCUT2D eigenvalue weighted by molar-refractivity contribution is 7.16. The molecule has 4 nitrogen and oxygen atoms in total. The van der Waals surface area contributed by atoms with Crippen LogP contribution in [0.3, 0.4) is 0 Å². The van der Waals surface area contributed by atoms with Crippen LogP contribution >= 0.6 is 22.9 Å². The topological polar surface area (TPSA) is 43.8 Å². The van der Waals surface area contributed by atoms with Gasteiger partial charge in [-0.3, -0.25) is 9.69 Å². The lowest BCUT2D eigenvalue weighted by Crippen LogP contribution is -2.39. The fourth-order valence-electron chi connectivity index (χ4n) is 2.55. The number of thiophene rings is 1. The predicted molar refractivity (Wildman–Crippen MR) is 86.7 cm³/mol. The Morgan fingerprint density at radius 2 is 2.24 bits per heavy atom. The maximum absolute atomic E-state index is 12.3. The van der Waals surface area contributed by atoms with E-state index in [1.165, 1.54) is 11.3 Å². The van der Waals surface area contributed by atoms with Crippen molar-refractivity contribution in [3.63, 3.8) is 0 Å². The molecule has 6 heteroatoms. The van der Waals surface area contributed by atoms with E-state index < -0.39 is 5.60 Å². The second-order valence-corrected chi connectivity index (χ2v) is 7.88. The number of carbonyl (C=O) groups is 1. The van der Waals surface area contributed by atoms with Gasteiger partial charge in [0.25, 0.3) is 0 Å². The molecule has 118 valence electrons. The predicted octanol–water partition coefficient (Wildman–Crippen LogP) is 2.60. The number of aliphatic hydroxyl groups is 1. The number of hydrogen-bond donors (Lipinski definition) is 1. The second kappa shape index (κ2) is 7.09. The Morgan fingerprint density at radius 3 is 2.90 bits per heavy atom. The van der Waals surface area contributed by atoms with Crippen molar-refractivity contribution in [1.82, 2.24) is 9.80 Å². The van der Waals surface area contributed by atoms with E-state index in [1.54, 1.807) is 4.90 Å². The van der Waals surface area contributed by atoms with Crippen molar-refractivity contribution >= 4 is 28.8 Å². The first-order valence-corrected chi connectivity index (χ1v) is 8.48. The molecular formula is C15H23ClN2O2S. The zero-order chi connectivity index (χ0) is 15.5. The molecule has 2 heterocycles. The van der Waals surface area contributed by atoms with Crippen LogP contribution in [0.25, 0.3) is 0 Å². The van der Waals surface area contributed by atoms with Gasteiger partial charge in [0.2, 0.25) is 5.91 Å². The summed E-state index contributed by atoms with van der Waals surface area (Å²) in [7, 11) is 1.82. The lowest BCUT2D eigenvalue weighted by Gasteiger charge is -2.24. The van der Waals surface area contributed by atoms with Crippen LogP contribution in [0, 0.1) is 0 Å². The lowest BCUT2D eigenvalue weighted by molar-refractivity contribution is -0.131. The van der Waals surface area contributed by atoms with Crippen LogP contribution in [-0.2, 0) is 11.3 Å². The zero-order valence-electron chi connectivity index (χ0n) is 12.6. The number of hydrogen-bond acceptors (Lipinski definition) is 4. The van der Waals surface area contributed by atoms with Gasteiger partial charge < -0.3 is 10.0 Å². The largest absolute Gasteiger partial charge is 0.390 e. The highest BCUT2D eigenvalue weighted by Gasteiger charge is 2.26. The summed E-state index contributed by atoms with van der Waals surface area (Å²) in [4.78, 5) is 17.3. The number of amides is 1. The van der Waals surface area contributed by atoms with Gasteiger partial charge in [0.05, 0.1) is 23.0 Å². The first-order valence-electron chi connectivity index (χ1n) is 7.29. The van der Waals surface area contributed by atoms with Crippen molar-refractivity contribution in [1.29, 1.82) is 0 Å². The molecule has 1 aromatic rings. The number of carbonyl (C=O) groups excluding carboxylic acids is 1. The van der Waals surface area contributed by atoms with Gasteiger partial charge in [-0.05, 0) is 44.9 Å². The van der Waals surface area contributed by atoms with E-state index >= 15 is 0 Å². The molecule has 0 saturated carbocycles. The van der Waals surface area contributed by atoms with Gasteiger partial charge >= 0.3 is 0 Å². The minimum absolute atomic E-state index is 0.112. The van der Waals surface area contributed by atoms with Crippen LogP contribution in [-0.4, -0.2) is 53.1 Å². The summed E-state index contributed by atoms with van der Waals surface area (Å²) in [6.07, 6.45) is 2.47. The molecule has 1 fully saturated rings. The molecule has 1 saturated heterocycles. The van der Waals surface area contributed by atoms with E-state index in [2.05, 4.69) is 4.90 Å². The monoisotopic (exact) mass is 330 g/mol. The fraction of sp³-hybridized carbons (Fsp3) is 0.667. The molecule has 2 rings (SSSR count). The molecule has 1 N–H and O–H groups in total. The molecule has 0 spiro atoms. The summed E-state index contributed by atoms with van der Waals surface area (Å²) in [6.45, 7) is 4.55. The lowest BCUT2D eigenvalue weighted by atomic mass is 9.98. The number of nitrogens with zero attached hydrogens (tertiary/aromatic N) is 2. The van der Waals surface area contributed by atoms with Crippen LogP contribution in [0.2, 0.25) is 4.34 Å². The van der Waals surface area contributed by atoms with E-state index in [1.807, 2.05) is 26.1 Å². The molecule has 1 aliphatic rings. The molecule has 1 aromatic heterocycles. The molecule has 1 aliphatic heterocycles. The number of rotatable bonds is 4. The van der Waals surface area contributed by atoms with Gasteiger partial charge in [0, 0.05) is 18.5 Å². The Hall–Kier alpha value is -0.620. The van der Waals surface area contributed by atoms with Gasteiger partial charge in [-0.1, -0.05) is 11.6 Å². The highest BCUT2D eigenvalue weighted by atomic mass is 35.5. The summed E-state index contributed by atoms with van der Waals surface area (Å²) >= 11 is 7.41. The fourth-order valence-corrected chi connectivity index (χ4v) is 3.69. The Morgan fingerprint density at radius 1 is 1.48 bits per heavy atom. The Labute approximate surface area is 135 Å². The summed E-state index contributed by atoms with van der Waals surface area (Å²) in [5.74, 6) is 0.112. The first kappa shape index (κ1) is 16.7. The standard InChI is InChI=1S/C15H23ClN2O2S/c1-15(20)6-3-8-18(9-7-15)11-14(19)17(2)10-12-4-5-13(16)21-12/h4-5,20H,3,6-11H2,1-2H3. The molecule has 1 amide bonds. The summed E-state index contributed by atoms with van der Waals surface area (Å²) in [5, 5.41) is 10.1. The van der Waals surface area contributed by atoms with E-state index in [0.29, 0.717) is 13.1 Å². The normalized spacial score (nSPS) is 23.8. The van der Waals surface area contributed by atoms with Gasteiger partial charge in [0.15, 0.2) is 0 Å². The van der Waals surface area contributed by atoms with Crippen LogP contribution < -0.4 is 0 Å². The third kappa shape index (κ3) is 5.25. The van der Waals surface area contributed by atoms with Crippen molar-refractivity contribution in [3.8, 4) is 0 Å². The number of halogens is 1. The first-order chi connectivity index (χ1) is 9.85. The van der Waals surface area contributed by atoms with E-state index in [0.717, 1.165) is 41.6 Å². The summed E-state index contributed by atoms with van der Waals surface area (Å²) < 4.78 is 0.751. The highest BCUT2D eigenvalue weighted by Crippen LogP contribution is 2.23. The van der Waals surface area contributed by atoms with Crippen molar-refractivity contribution < 1.29 is 9.90 Å². The average Bonchev–Trinajstić information content (AvgIpc) is 2.72. The minimum Gasteiger partial charge on any atom is -0.390 e. The molecule has 0 bridgehead atoms. The second-order valence-electron chi connectivity index (χ2n) is 6.08. The van der Waals surface area contributed by atoms with Crippen molar-refractivity contribution in [3.05, 3.63) is 21.3 Å². The Kier molecular flexibility index (Phi) is 5.66. The molecular weight excluding hydrogens is 308 g/mol. The zero-order valence-corrected chi connectivity index (χ0v) is 14.2. The maximum Gasteiger partial charge on any atom is 0.236 e. The molecule has 1 atom stereocenters. The quantitative estimate of drug-likeness (QED) is 0.923. The third-order valence-corrected chi connectivity index (χ3v) is 5.18. The van der Waals surface area contributed by atoms with Gasteiger partial charge in [-0.2, -0.15) is 0 Å². The van der Waals surface area contributed by atoms with E-state index in [9.17, 15) is 9.90 Å². The van der Waals surface area contributed by atoms with Crippen LogP contribution in [0.4, 0.5) is 0 Å². The van der Waals surface area contributed by atoms with Gasteiger partial charge in [0.1, 0.15) is 0 Å². The molecule has 0 radical (unpaired) electrons. The minimum atomic E-state index is -0.586. The summed E-state index contributed by atoms with van der Waals surface area (Å²) in [6, 6.07) is 3.82. The van der Waals surface area contributed by atoms with Crippen LogP contribution in [0.15, 0.2) is 12.1 Å². The Bertz CT molecular complexity index is 490. The SMILES string of the molecule is CN(Cc1ccc(Cl)s1)C(=O)CN1CCCC(C)(O)CC1. The summed E-state index contributed by atoms with van der Waals surface area (Å²) in [5.41, 5.74) is -0.586. The average molecular weight is 331 g/mol. The van der Waals surface area contributed by atoms with Crippen molar-refractivity contribution in [2.45, 2.75) is 38.3 Å². The Balaban J connectivity index is 1.83. The van der Waals surface area contributed by atoms with E-state index in [-0.39, 0.29) is 5.91 Å².